The second kappa shape index (κ2) is 5.66. The van der Waals surface area contributed by atoms with Gasteiger partial charge >= 0.3 is 6.18 Å². The zero-order chi connectivity index (χ0) is 14.8. The van der Waals surface area contributed by atoms with Crippen molar-refractivity contribution in [3.63, 3.8) is 0 Å². The normalized spacial score (nSPS) is 12.1. The molecule has 2 aromatic heterocycles. The number of nitrogens with zero attached hydrogens (tertiary/aromatic N) is 3. The molecule has 0 spiro atoms. The zero-order valence-corrected chi connectivity index (χ0v) is 11.2. The van der Waals surface area contributed by atoms with Gasteiger partial charge < -0.3 is 14.6 Å². The number of aromatic nitrogens is 3. The maximum atomic E-state index is 11.9. The van der Waals surface area contributed by atoms with Crippen molar-refractivity contribution in [1.82, 2.24) is 15.0 Å². The lowest BCUT2D eigenvalue weighted by Crippen LogP contribution is -2.18. The number of hydrogen-bond donors (Lipinski definition) is 1. The van der Waals surface area contributed by atoms with E-state index in [1.807, 2.05) is 31.1 Å². The first-order valence-corrected chi connectivity index (χ1v) is 6.02. The van der Waals surface area contributed by atoms with Crippen LogP contribution in [-0.2, 0) is 11.2 Å². The van der Waals surface area contributed by atoms with E-state index in [0.29, 0.717) is 11.5 Å². The van der Waals surface area contributed by atoms with E-state index in [1.54, 1.807) is 0 Å². The maximum absolute atomic E-state index is 11.9. The number of aromatic amines is 1. The SMILES string of the molecule is CN(C)c1ccc2[nH]c(CCOCC(F)(F)F)nc2n1. The molecule has 110 valence electrons. The van der Waals surface area contributed by atoms with E-state index in [9.17, 15) is 13.2 Å². The number of anilines is 1. The van der Waals surface area contributed by atoms with Crippen LogP contribution in [0.1, 0.15) is 5.82 Å². The summed E-state index contributed by atoms with van der Waals surface area (Å²) < 4.78 is 40.3. The molecule has 0 fully saturated rings. The molecule has 0 saturated heterocycles. The van der Waals surface area contributed by atoms with Gasteiger partial charge in [0.25, 0.3) is 0 Å². The minimum Gasteiger partial charge on any atom is -0.372 e. The maximum Gasteiger partial charge on any atom is 0.411 e. The van der Waals surface area contributed by atoms with Crippen molar-refractivity contribution in [2.45, 2.75) is 12.6 Å². The van der Waals surface area contributed by atoms with Crippen LogP contribution in [0.15, 0.2) is 12.1 Å². The molecule has 8 heteroatoms. The molecule has 20 heavy (non-hydrogen) atoms. The van der Waals surface area contributed by atoms with Crippen LogP contribution in [0.5, 0.6) is 0 Å². The lowest BCUT2D eigenvalue weighted by Gasteiger charge is -2.09. The van der Waals surface area contributed by atoms with Crippen LogP contribution in [0.3, 0.4) is 0 Å². The largest absolute Gasteiger partial charge is 0.411 e. The highest BCUT2D eigenvalue weighted by atomic mass is 19.4. The van der Waals surface area contributed by atoms with Gasteiger partial charge in [0.1, 0.15) is 18.2 Å². The van der Waals surface area contributed by atoms with Crippen molar-refractivity contribution in [3.8, 4) is 0 Å². The van der Waals surface area contributed by atoms with Crippen LogP contribution in [0.2, 0.25) is 0 Å². The van der Waals surface area contributed by atoms with Gasteiger partial charge in [0, 0.05) is 20.5 Å². The summed E-state index contributed by atoms with van der Waals surface area (Å²) in [5, 5.41) is 0. The van der Waals surface area contributed by atoms with Crippen LogP contribution in [0, 0.1) is 0 Å². The fourth-order valence-corrected chi connectivity index (χ4v) is 1.66. The van der Waals surface area contributed by atoms with Crippen LogP contribution in [0.25, 0.3) is 11.2 Å². The van der Waals surface area contributed by atoms with Crippen molar-refractivity contribution in [3.05, 3.63) is 18.0 Å². The van der Waals surface area contributed by atoms with E-state index in [0.717, 1.165) is 11.3 Å². The van der Waals surface area contributed by atoms with E-state index in [2.05, 4.69) is 19.7 Å². The molecule has 0 atom stereocenters. The second-order valence-electron chi connectivity index (χ2n) is 4.54. The Morgan fingerprint density at radius 1 is 1.25 bits per heavy atom. The predicted octanol–water partition coefficient (Wildman–Crippen LogP) is 2.15. The Bertz CT molecular complexity index is 580. The topological polar surface area (TPSA) is 54.0 Å². The number of halogens is 3. The molecule has 0 saturated carbocycles. The van der Waals surface area contributed by atoms with E-state index in [4.69, 9.17) is 0 Å². The number of imidazole rings is 1. The summed E-state index contributed by atoms with van der Waals surface area (Å²) in [6.07, 6.45) is -4.01. The third-order valence-corrected chi connectivity index (χ3v) is 2.59. The van der Waals surface area contributed by atoms with Gasteiger partial charge in [-0.2, -0.15) is 13.2 Å². The number of nitrogens with one attached hydrogen (secondary N) is 1. The molecule has 2 heterocycles. The van der Waals surface area contributed by atoms with E-state index >= 15 is 0 Å². The van der Waals surface area contributed by atoms with E-state index in [1.165, 1.54) is 0 Å². The van der Waals surface area contributed by atoms with Gasteiger partial charge in [0.2, 0.25) is 0 Å². The molecule has 0 aliphatic rings. The first-order chi connectivity index (χ1) is 9.35. The molecule has 0 aromatic carbocycles. The van der Waals surface area contributed by atoms with Gasteiger partial charge in [-0.25, -0.2) is 9.97 Å². The minimum atomic E-state index is -4.30. The van der Waals surface area contributed by atoms with E-state index in [-0.39, 0.29) is 13.0 Å². The number of ether oxygens (including phenoxy) is 1. The third-order valence-electron chi connectivity index (χ3n) is 2.59. The fourth-order valence-electron chi connectivity index (χ4n) is 1.66. The molecular weight excluding hydrogens is 273 g/mol. The number of hydrogen-bond acceptors (Lipinski definition) is 4. The first-order valence-electron chi connectivity index (χ1n) is 6.02. The zero-order valence-electron chi connectivity index (χ0n) is 11.2. The molecule has 2 aromatic rings. The van der Waals surface area contributed by atoms with Gasteiger partial charge in [-0.1, -0.05) is 0 Å². The Morgan fingerprint density at radius 3 is 2.65 bits per heavy atom. The van der Waals surface area contributed by atoms with Crippen LogP contribution in [0.4, 0.5) is 19.0 Å². The predicted molar refractivity (Wildman–Crippen MR) is 68.8 cm³/mol. The molecule has 0 unspecified atom stereocenters. The molecule has 1 N–H and O–H groups in total. The fraction of sp³-hybridized carbons (Fsp3) is 0.500. The van der Waals surface area contributed by atoms with E-state index < -0.39 is 12.8 Å². The Labute approximate surface area is 113 Å². The second-order valence-corrected chi connectivity index (χ2v) is 4.54. The molecule has 2 rings (SSSR count). The Balaban J connectivity index is 1.98. The van der Waals surface area contributed by atoms with Gasteiger partial charge in [0.15, 0.2) is 5.65 Å². The summed E-state index contributed by atoms with van der Waals surface area (Å²) in [4.78, 5) is 13.4. The highest BCUT2D eigenvalue weighted by Gasteiger charge is 2.27. The molecule has 5 nitrogen and oxygen atoms in total. The number of rotatable bonds is 5. The van der Waals surface area contributed by atoms with Crippen LogP contribution in [-0.4, -0.2) is 48.4 Å². The van der Waals surface area contributed by atoms with Crippen molar-refractivity contribution >= 4 is 17.0 Å². The molecule has 0 aliphatic heterocycles. The number of H-pyrrole nitrogens is 1. The van der Waals surface area contributed by atoms with Crippen LogP contribution >= 0.6 is 0 Å². The monoisotopic (exact) mass is 288 g/mol. The first kappa shape index (κ1) is 14.6. The number of fused-ring (bicyclic) bond motifs is 1. The van der Waals surface area contributed by atoms with Crippen molar-refractivity contribution in [2.24, 2.45) is 0 Å². The number of alkyl halides is 3. The Morgan fingerprint density at radius 2 is 2.00 bits per heavy atom. The smallest absolute Gasteiger partial charge is 0.372 e. The van der Waals surface area contributed by atoms with Crippen molar-refractivity contribution < 1.29 is 17.9 Å². The Hall–Kier alpha value is -1.83. The molecule has 0 radical (unpaired) electrons. The van der Waals surface area contributed by atoms with Gasteiger partial charge in [-0.05, 0) is 12.1 Å². The van der Waals surface area contributed by atoms with Crippen molar-refractivity contribution in [2.75, 3.05) is 32.2 Å². The van der Waals surface area contributed by atoms with Gasteiger partial charge in [-0.3, -0.25) is 0 Å². The average Bonchev–Trinajstić information content (AvgIpc) is 2.75. The average molecular weight is 288 g/mol. The number of pyridine rings is 1. The standard InChI is InChI=1S/C12H15F3N4O/c1-19(2)10-4-3-8-11(18-10)17-9(16-8)5-6-20-7-12(13,14)15/h3-4H,5-7H2,1-2H3,(H,16,17,18). The van der Waals surface area contributed by atoms with Gasteiger partial charge in [-0.15, -0.1) is 0 Å². The summed E-state index contributed by atoms with van der Waals surface area (Å²) in [7, 11) is 3.74. The van der Waals surface area contributed by atoms with Crippen molar-refractivity contribution in [1.29, 1.82) is 0 Å². The highest BCUT2D eigenvalue weighted by Crippen LogP contribution is 2.16. The van der Waals surface area contributed by atoms with Gasteiger partial charge in [0.05, 0.1) is 12.1 Å². The summed E-state index contributed by atoms with van der Waals surface area (Å²) in [5.74, 6) is 1.33. The summed E-state index contributed by atoms with van der Waals surface area (Å²) in [6.45, 7) is -1.28. The lowest BCUT2D eigenvalue weighted by atomic mass is 10.4. The third kappa shape index (κ3) is 3.83. The van der Waals surface area contributed by atoms with Crippen LogP contribution < -0.4 is 4.90 Å². The molecular formula is C12H15F3N4O. The summed E-state index contributed by atoms with van der Waals surface area (Å²) in [6, 6.07) is 3.68. The Kier molecular flexibility index (Phi) is 4.12. The molecule has 0 aliphatic carbocycles. The quantitative estimate of drug-likeness (QED) is 0.857. The lowest BCUT2D eigenvalue weighted by molar-refractivity contribution is -0.173. The summed E-state index contributed by atoms with van der Waals surface area (Å²) >= 11 is 0. The molecule has 0 bridgehead atoms. The molecule has 0 amide bonds. The highest BCUT2D eigenvalue weighted by molar-refractivity contribution is 5.73. The minimum absolute atomic E-state index is 0.0418. The summed E-state index contributed by atoms with van der Waals surface area (Å²) in [5.41, 5.74) is 1.29.